The maximum absolute atomic E-state index is 13.9. The molecule has 50 heavy (non-hydrogen) atoms. The van der Waals surface area contributed by atoms with Gasteiger partial charge in [0.15, 0.2) is 15.8 Å². The van der Waals surface area contributed by atoms with Crippen LogP contribution in [0.15, 0.2) is 125 Å². The van der Waals surface area contributed by atoms with E-state index in [4.69, 9.17) is 9.47 Å². The first kappa shape index (κ1) is 33.1. The van der Waals surface area contributed by atoms with Crippen molar-refractivity contribution in [3.63, 3.8) is 0 Å². The minimum Gasteiger partial charge on any atom is -0.507 e. The van der Waals surface area contributed by atoms with Crippen LogP contribution < -0.4 is 14.4 Å². The molecule has 1 N–H and O–H groups in total. The molecule has 1 saturated heterocycles. The van der Waals surface area contributed by atoms with E-state index in [1.807, 2.05) is 74.5 Å². The molecule has 0 aliphatic carbocycles. The molecule has 0 bridgehead atoms. The summed E-state index contributed by atoms with van der Waals surface area (Å²) in [6.07, 6.45) is 0. The van der Waals surface area contributed by atoms with Gasteiger partial charge >= 0.3 is 5.91 Å². The van der Waals surface area contributed by atoms with Gasteiger partial charge in [0.2, 0.25) is 5.13 Å². The van der Waals surface area contributed by atoms with Gasteiger partial charge in [0, 0.05) is 11.3 Å². The lowest BCUT2D eigenvalue weighted by atomic mass is 9.95. The number of ketones is 1. The minimum absolute atomic E-state index is 0.0422. The molecule has 6 aromatic rings. The summed E-state index contributed by atoms with van der Waals surface area (Å²) in [5.41, 5.74) is 4.08. The molecule has 0 radical (unpaired) electrons. The first-order valence-electron chi connectivity index (χ1n) is 16.2. The lowest BCUT2D eigenvalue weighted by Crippen LogP contribution is -2.29. The van der Waals surface area contributed by atoms with Crippen LogP contribution in [0, 0.1) is 6.92 Å². The molecule has 1 fully saturated rings. The maximum Gasteiger partial charge on any atom is 0.301 e. The van der Waals surface area contributed by atoms with E-state index in [0.29, 0.717) is 45.9 Å². The number of fused-ring (bicyclic) bond motifs is 1. The third-order valence-corrected chi connectivity index (χ3v) is 10.5. The van der Waals surface area contributed by atoms with Gasteiger partial charge in [-0.15, -0.1) is 10.2 Å². The third-order valence-electron chi connectivity index (χ3n) is 8.42. The number of benzene rings is 5. The van der Waals surface area contributed by atoms with E-state index in [0.717, 1.165) is 27.5 Å². The normalized spacial score (nSPS) is 15.5. The largest absolute Gasteiger partial charge is 0.507 e. The van der Waals surface area contributed by atoms with Gasteiger partial charge in [-0.1, -0.05) is 132 Å². The Morgan fingerprint density at radius 1 is 0.860 bits per heavy atom. The fourth-order valence-electron chi connectivity index (χ4n) is 5.95. The predicted molar refractivity (Wildman–Crippen MR) is 198 cm³/mol. The third kappa shape index (κ3) is 6.72. The number of aliphatic hydroxyl groups excluding tert-OH is 1. The van der Waals surface area contributed by atoms with Gasteiger partial charge in [0.05, 0.1) is 18.2 Å². The summed E-state index contributed by atoms with van der Waals surface area (Å²) in [5, 5.41) is 23.0. The lowest BCUT2D eigenvalue weighted by molar-refractivity contribution is -0.132. The van der Waals surface area contributed by atoms with E-state index in [9.17, 15) is 14.7 Å². The molecule has 250 valence electrons. The lowest BCUT2D eigenvalue weighted by Gasteiger charge is -2.23. The highest BCUT2D eigenvalue weighted by atomic mass is 32.2. The zero-order chi connectivity index (χ0) is 34.6. The zero-order valence-electron chi connectivity index (χ0n) is 27.4. The number of carbonyl (C=O) groups excluding carboxylic acids is 2. The van der Waals surface area contributed by atoms with Gasteiger partial charge in [-0.3, -0.25) is 14.5 Å². The molecule has 1 aliphatic heterocycles. The van der Waals surface area contributed by atoms with Crippen molar-refractivity contribution in [3.05, 3.63) is 149 Å². The van der Waals surface area contributed by atoms with Crippen LogP contribution in [0.25, 0.3) is 16.5 Å². The van der Waals surface area contributed by atoms with E-state index < -0.39 is 17.7 Å². The Bertz CT molecular complexity index is 2210. The second kappa shape index (κ2) is 14.6. The highest BCUT2D eigenvalue weighted by molar-refractivity contribution is 8.00. The average molecular weight is 700 g/mol. The van der Waals surface area contributed by atoms with Crippen molar-refractivity contribution in [1.82, 2.24) is 10.2 Å². The summed E-state index contributed by atoms with van der Waals surface area (Å²) >= 11 is 2.74. The average Bonchev–Trinajstić information content (AvgIpc) is 3.72. The van der Waals surface area contributed by atoms with Crippen molar-refractivity contribution in [2.75, 3.05) is 11.5 Å². The molecule has 1 amide bonds. The van der Waals surface area contributed by atoms with Crippen LogP contribution in [0.4, 0.5) is 5.13 Å². The maximum atomic E-state index is 13.9. The van der Waals surface area contributed by atoms with Crippen LogP contribution in [-0.4, -0.2) is 33.6 Å². The number of rotatable bonds is 11. The SMILES string of the molecule is CCOc1cc(C2C(=C(O)c3ccc(C)cc3)C(=O)C(=O)N2c2nnc(SCc3cccc4ccccc34)s2)ccc1OCc1ccccc1. The smallest absolute Gasteiger partial charge is 0.301 e. The van der Waals surface area contributed by atoms with Crippen LogP contribution >= 0.6 is 23.1 Å². The summed E-state index contributed by atoms with van der Waals surface area (Å²) in [6.45, 7) is 4.50. The molecule has 10 heteroatoms. The number of thioether (sulfide) groups is 1. The number of aryl methyl sites for hydroxylation is 1. The number of aromatic nitrogens is 2. The monoisotopic (exact) mass is 699 g/mol. The Morgan fingerprint density at radius 3 is 2.42 bits per heavy atom. The van der Waals surface area contributed by atoms with Gasteiger partial charge in [0.1, 0.15) is 12.4 Å². The Kier molecular flexibility index (Phi) is 9.64. The molecule has 1 unspecified atom stereocenters. The number of aliphatic hydroxyl groups is 1. The molecule has 5 aromatic carbocycles. The highest BCUT2D eigenvalue weighted by Crippen LogP contribution is 2.46. The van der Waals surface area contributed by atoms with E-state index >= 15 is 0 Å². The van der Waals surface area contributed by atoms with Crippen molar-refractivity contribution in [1.29, 1.82) is 0 Å². The van der Waals surface area contributed by atoms with E-state index in [1.54, 1.807) is 30.3 Å². The molecule has 1 aliphatic rings. The predicted octanol–water partition coefficient (Wildman–Crippen LogP) is 8.90. The minimum atomic E-state index is -0.998. The number of anilines is 1. The van der Waals surface area contributed by atoms with Gasteiger partial charge in [0.25, 0.3) is 5.78 Å². The second-order valence-electron chi connectivity index (χ2n) is 11.7. The van der Waals surface area contributed by atoms with Gasteiger partial charge in [-0.2, -0.15) is 0 Å². The van der Waals surface area contributed by atoms with Gasteiger partial charge in [-0.05, 0) is 53.4 Å². The molecular weight excluding hydrogens is 667 g/mol. The van der Waals surface area contributed by atoms with Crippen LogP contribution in [0.3, 0.4) is 0 Å². The molecular formula is C40H33N3O5S2. The number of carbonyl (C=O) groups is 2. The fourth-order valence-corrected chi connectivity index (χ4v) is 7.82. The van der Waals surface area contributed by atoms with E-state index in [1.165, 1.54) is 28.0 Å². The van der Waals surface area contributed by atoms with Gasteiger partial charge < -0.3 is 14.6 Å². The van der Waals surface area contributed by atoms with Crippen LogP contribution in [0.5, 0.6) is 11.5 Å². The molecule has 0 saturated carbocycles. The summed E-state index contributed by atoms with van der Waals surface area (Å²) in [7, 11) is 0. The van der Waals surface area contributed by atoms with Crippen molar-refractivity contribution in [2.24, 2.45) is 0 Å². The number of hydrogen-bond acceptors (Lipinski definition) is 9. The standard InChI is InChI=1S/C40H33N3O5S2/c1-3-47-33-22-29(20-21-32(33)48-23-26-10-5-4-6-11-26)35-34(36(44)28-18-16-25(2)17-19-28)37(45)38(46)43(35)39-41-42-40(50-39)49-24-30-14-9-13-27-12-7-8-15-31(27)30/h4-22,35,44H,3,23-24H2,1-2H3. The fraction of sp³-hybridized carbons (Fsp3) is 0.150. The van der Waals surface area contributed by atoms with E-state index in [2.05, 4.69) is 34.5 Å². The Balaban J connectivity index is 1.26. The van der Waals surface area contributed by atoms with Crippen molar-refractivity contribution in [3.8, 4) is 11.5 Å². The highest BCUT2D eigenvalue weighted by Gasteiger charge is 2.48. The number of ether oxygens (including phenoxy) is 2. The van der Waals surface area contributed by atoms with Crippen LogP contribution in [0.1, 0.15) is 40.8 Å². The Labute approximate surface area is 298 Å². The van der Waals surface area contributed by atoms with Crippen molar-refractivity contribution in [2.45, 2.75) is 36.6 Å². The molecule has 1 aromatic heterocycles. The number of Topliss-reactive ketones (excluding diaryl/α,β-unsaturated/α-hetero) is 1. The molecule has 0 spiro atoms. The summed E-state index contributed by atoms with van der Waals surface area (Å²) in [4.78, 5) is 29.0. The molecule has 2 heterocycles. The summed E-state index contributed by atoms with van der Waals surface area (Å²) in [5.74, 6) is -0.270. The topological polar surface area (TPSA) is 102 Å². The molecule has 1 atom stereocenters. The van der Waals surface area contributed by atoms with Crippen molar-refractivity contribution >= 4 is 56.5 Å². The molecule has 7 rings (SSSR count). The Morgan fingerprint density at radius 2 is 1.62 bits per heavy atom. The Hall–Kier alpha value is -5.45. The first-order valence-corrected chi connectivity index (χ1v) is 18.0. The number of amides is 1. The second-order valence-corrected chi connectivity index (χ2v) is 13.9. The van der Waals surface area contributed by atoms with Gasteiger partial charge in [-0.25, -0.2) is 0 Å². The van der Waals surface area contributed by atoms with E-state index in [-0.39, 0.29) is 16.5 Å². The quantitative estimate of drug-likeness (QED) is 0.0471. The van der Waals surface area contributed by atoms with Crippen LogP contribution in [-0.2, 0) is 21.9 Å². The number of hydrogen-bond donors (Lipinski definition) is 1. The number of nitrogens with zero attached hydrogens (tertiary/aromatic N) is 3. The zero-order valence-corrected chi connectivity index (χ0v) is 29.0. The van der Waals surface area contributed by atoms with Crippen LogP contribution in [0.2, 0.25) is 0 Å². The van der Waals surface area contributed by atoms with Crippen molar-refractivity contribution < 1.29 is 24.2 Å². The summed E-state index contributed by atoms with van der Waals surface area (Å²) < 4.78 is 12.8. The molecule has 8 nitrogen and oxygen atoms in total. The summed E-state index contributed by atoms with van der Waals surface area (Å²) in [6, 6.07) is 35.7. The first-order chi connectivity index (χ1) is 24.4.